The molecular formula is C73H116N12O16. The number of rotatable bonds is 38. The summed E-state index contributed by atoms with van der Waals surface area (Å²) in [5, 5.41) is 39.3. The molecule has 0 bridgehead atoms. The van der Waals surface area contributed by atoms with Crippen LogP contribution in [-0.4, -0.2) is 266 Å². The standard InChI is InChI=1S/C73H116N12O16/c1-20-45(9)60(76-62(89)51(74)21-2)71(98)83(18)56(37-43(5)6)68(95)78(13)46(10)65(92)80(15)54(36-42(3)4)64(91)77-61(48(12)86)72(99)84(19)58(40-50-32-26-23-27-33-50)69(96)79(14)47(11)66(93)82(17)57(38-44(7)8)70(97)81(16)55(39-49-30-24-22-25-31-49)63(90)75-52(41-59(87)88)67(94)85-35-29-28-34-53(85)73(100)101/h22-27,30-33,42-48,51-58,60-61,86H,20-21,28-29,34-41,74H2,1-19H3,(H,75,90)(H,76,89)(H,77,91)(H,87,88)(H,100,101)/t45-,46-,47-,48+,51-,52-,53-,54-,55-,56-,57-,58-,60-,61-/m0/s1. The van der Waals surface area contributed by atoms with Gasteiger partial charge in [-0.25, -0.2) is 4.79 Å². The summed E-state index contributed by atoms with van der Waals surface area (Å²) >= 11 is 0. The van der Waals surface area contributed by atoms with E-state index in [1.165, 1.54) is 89.7 Å². The Bertz CT molecular complexity index is 3150. The number of aliphatic hydroxyl groups is 1. The lowest BCUT2D eigenvalue weighted by Gasteiger charge is -2.39. The molecule has 101 heavy (non-hydrogen) atoms. The molecule has 3 rings (SSSR count). The van der Waals surface area contributed by atoms with Crippen molar-refractivity contribution in [3.63, 3.8) is 0 Å². The highest BCUT2D eigenvalue weighted by molar-refractivity contribution is 6.00. The van der Waals surface area contributed by atoms with Crippen LogP contribution >= 0.6 is 0 Å². The largest absolute Gasteiger partial charge is 0.481 e. The van der Waals surface area contributed by atoms with Crippen LogP contribution in [-0.2, 0) is 75.2 Å². The van der Waals surface area contributed by atoms with Crippen molar-refractivity contribution in [3.8, 4) is 0 Å². The van der Waals surface area contributed by atoms with Gasteiger partial charge in [0, 0.05) is 68.7 Å². The van der Waals surface area contributed by atoms with Gasteiger partial charge in [0.25, 0.3) is 0 Å². The maximum Gasteiger partial charge on any atom is 0.326 e. The van der Waals surface area contributed by atoms with Gasteiger partial charge in [-0.2, -0.15) is 0 Å². The van der Waals surface area contributed by atoms with Crippen molar-refractivity contribution >= 4 is 76.9 Å². The third-order valence-corrected chi connectivity index (χ3v) is 19.4. The lowest BCUT2D eigenvalue weighted by molar-refractivity contribution is -0.155. The highest BCUT2D eigenvalue weighted by atomic mass is 16.4. The van der Waals surface area contributed by atoms with Gasteiger partial charge < -0.3 is 76.2 Å². The molecule has 1 fully saturated rings. The Morgan fingerprint density at radius 3 is 1.30 bits per heavy atom. The first-order chi connectivity index (χ1) is 47.2. The number of nitrogens with one attached hydrogen (secondary N) is 3. The average molecular weight is 1420 g/mol. The van der Waals surface area contributed by atoms with Crippen LogP contribution in [0.2, 0.25) is 0 Å². The predicted molar refractivity (Wildman–Crippen MR) is 380 cm³/mol. The summed E-state index contributed by atoms with van der Waals surface area (Å²) in [6, 6.07) is 1.59. The molecule has 0 spiro atoms. The summed E-state index contributed by atoms with van der Waals surface area (Å²) in [4.78, 5) is 194. The Hall–Kier alpha value is -8.53. The van der Waals surface area contributed by atoms with E-state index < -0.39 is 162 Å². The van der Waals surface area contributed by atoms with Gasteiger partial charge in [0.15, 0.2) is 0 Å². The van der Waals surface area contributed by atoms with Gasteiger partial charge in [-0.05, 0) is 101 Å². The second kappa shape index (κ2) is 40.2. The highest BCUT2D eigenvalue weighted by Crippen LogP contribution is 2.25. The smallest absolute Gasteiger partial charge is 0.326 e. The maximum atomic E-state index is 15.2. The number of carbonyl (C=O) groups is 13. The lowest BCUT2D eigenvalue weighted by atomic mass is 9.95. The highest BCUT2D eigenvalue weighted by Gasteiger charge is 2.45. The van der Waals surface area contributed by atoms with Crippen molar-refractivity contribution in [1.29, 1.82) is 0 Å². The first-order valence-electron chi connectivity index (χ1n) is 35.2. The second-order valence-electron chi connectivity index (χ2n) is 28.5. The second-order valence-corrected chi connectivity index (χ2v) is 28.5. The number of nitrogens with two attached hydrogens (primary N) is 1. The number of likely N-dealkylation sites (tertiary alicyclic amines) is 1. The van der Waals surface area contributed by atoms with E-state index in [-0.39, 0.29) is 68.7 Å². The molecule has 1 aliphatic heterocycles. The molecule has 0 saturated carbocycles. The van der Waals surface area contributed by atoms with Crippen molar-refractivity contribution in [1.82, 2.24) is 55.1 Å². The third-order valence-electron chi connectivity index (χ3n) is 19.4. The number of hydrogen-bond donors (Lipinski definition) is 7. The van der Waals surface area contributed by atoms with E-state index >= 15 is 14.4 Å². The summed E-state index contributed by atoms with van der Waals surface area (Å²) in [7, 11) is 9.65. The fourth-order valence-electron chi connectivity index (χ4n) is 12.4. The zero-order chi connectivity index (χ0) is 76.8. The average Bonchev–Trinajstić information content (AvgIpc) is 0.818. The van der Waals surface area contributed by atoms with Crippen LogP contribution in [0.1, 0.15) is 152 Å². The van der Waals surface area contributed by atoms with Gasteiger partial charge >= 0.3 is 11.9 Å². The number of nitrogens with zero attached hydrogens (tertiary/aromatic N) is 8. The summed E-state index contributed by atoms with van der Waals surface area (Å²) in [5.74, 6) is -11.8. The molecule has 0 aliphatic carbocycles. The van der Waals surface area contributed by atoms with E-state index in [4.69, 9.17) is 5.73 Å². The quantitative estimate of drug-likeness (QED) is 0.0508. The number of carboxylic acids is 2. The Morgan fingerprint density at radius 2 is 0.861 bits per heavy atom. The number of piperidine rings is 1. The Kier molecular flexibility index (Phi) is 34.5. The van der Waals surface area contributed by atoms with Gasteiger partial charge in [0.2, 0.25) is 65.0 Å². The first kappa shape index (κ1) is 86.7. The molecule has 1 saturated heterocycles. The number of benzene rings is 2. The van der Waals surface area contributed by atoms with Crippen LogP contribution in [0, 0.1) is 23.7 Å². The van der Waals surface area contributed by atoms with Gasteiger partial charge in [-0.1, -0.05) is 129 Å². The van der Waals surface area contributed by atoms with Gasteiger partial charge in [0.1, 0.15) is 66.5 Å². The molecule has 8 N–H and O–H groups in total. The Labute approximate surface area is 596 Å². The van der Waals surface area contributed by atoms with Crippen molar-refractivity contribution in [2.24, 2.45) is 29.4 Å². The molecular weight excluding hydrogens is 1300 g/mol. The summed E-state index contributed by atoms with van der Waals surface area (Å²) in [6.07, 6.45) is -0.552. The zero-order valence-electron chi connectivity index (χ0n) is 62.9. The molecule has 1 aliphatic rings. The Balaban J connectivity index is 2.01. The van der Waals surface area contributed by atoms with Crippen LogP contribution in [0.5, 0.6) is 0 Å². The van der Waals surface area contributed by atoms with Crippen LogP contribution in [0.3, 0.4) is 0 Å². The number of aliphatic hydroxyl groups excluding tert-OH is 1. The van der Waals surface area contributed by atoms with E-state index in [1.54, 1.807) is 67.6 Å². The van der Waals surface area contributed by atoms with Crippen LogP contribution in [0.25, 0.3) is 0 Å². The number of carbonyl (C=O) groups excluding carboxylic acids is 11. The molecule has 0 unspecified atom stereocenters. The van der Waals surface area contributed by atoms with E-state index in [0.29, 0.717) is 36.8 Å². The van der Waals surface area contributed by atoms with Crippen molar-refractivity contribution in [2.75, 3.05) is 55.9 Å². The van der Waals surface area contributed by atoms with Crippen molar-refractivity contribution < 1.29 is 77.6 Å². The topological polar surface area (TPSA) is 371 Å². The van der Waals surface area contributed by atoms with E-state index in [9.17, 15) is 63.3 Å². The van der Waals surface area contributed by atoms with Crippen molar-refractivity contribution in [2.45, 2.75) is 232 Å². The lowest BCUT2D eigenvalue weighted by Crippen LogP contribution is -2.62. The number of amides is 11. The molecule has 0 radical (unpaired) electrons. The SMILES string of the molecule is CC[C@H](N)C(=O)N[C@H](C(=O)N(C)[C@@H](CC(C)C)C(=O)N(C)[C@@H](C)C(=O)N(C)[C@@H](CC(C)C)C(=O)N[C@H](C(=O)N(C)[C@@H](Cc1ccccc1)C(=O)N(C)[C@@H](C)C(=O)N(C)[C@@H](CC(C)C)C(=O)N(C)[C@@H](Cc1ccccc1)C(=O)N[C@@H](CC(=O)O)C(=O)N1CCCC[C@H]1C(=O)O)[C@@H](C)O)[C@@H](C)CC. The summed E-state index contributed by atoms with van der Waals surface area (Å²) in [6.45, 7) is 20.6. The monoisotopic (exact) mass is 1420 g/mol. The van der Waals surface area contributed by atoms with Crippen LogP contribution < -0.4 is 21.7 Å². The zero-order valence-corrected chi connectivity index (χ0v) is 62.9. The molecule has 28 heteroatoms. The predicted octanol–water partition coefficient (Wildman–Crippen LogP) is 3.00. The van der Waals surface area contributed by atoms with Crippen LogP contribution in [0.4, 0.5) is 0 Å². The van der Waals surface area contributed by atoms with Crippen LogP contribution in [0.15, 0.2) is 60.7 Å². The fraction of sp³-hybridized carbons (Fsp3) is 0.658. The summed E-state index contributed by atoms with van der Waals surface area (Å²) < 4.78 is 0. The molecule has 14 atom stereocenters. The minimum atomic E-state index is -1.73. The first-order valence-corrected chi connectivity index (χ1v) is 35.2. The van der Waals surface area contributed by atoms with E-state index in [1.807, 2.05) is 55.4 Å². The van der Waals surface area contributed by atoms with Crippen molar-refractivity contribution in [3.05, 3.63) is 71.8 Å². The Morgan fingerprint density at radius 1 is 0.475 bits per heavy atom. The maximum absolute atomic E-state index is 15.2. The normalized spacial score (nSPS) is 17.0. The molecule has 28 nitrogen and oxygen atoms in total. The van der Waals surface area contributed by atoms with Gasteiger partial charge in [-0.3, -0.25) is 57.5 Å². The van der Waals surface area contributed by atoms with Gasteiger partial charge in [-0.15, -0.1) is 0 Å². The fourth-order valence-corrected chi connectivity index (χ4v) is 12.4. The molecule has 564 valence electrons. The molecule has 11 amide bonds. The number of carboxylic acid groups (broad SMARTS) is 2. The third kappa shape index (κ3) is 24.1. The molecule has 2 aromatic carbocycles. The molecule has 0 aromatic heterocycles. The van der Waals surface area contributed by atoms with E-state index in [2.05, 4.69) is 16.0 Å². The number of hydrogen-bond acceptors (Lipinski definition) is 15. The van der Waals surface area contributed by atoms with Gasteiger partial charge in [0.05, 0.1) is 18.6 Å². The number of likely N-dealkylation sites (N-methyl/N-ethyl adjacent to an activating group) is 7. The minimum Gasteiger partial charge on any atom is -0.481 e. The number of aliphatic carboxylic acids is 2. The summed E-state index contributed by atoms with van der Waals surface area (Å²) in [5.41, 5.74) is 7.19. The molecule has 2 aromatic rings. The minimum absolute atomic E-state index is 0.0138. The molecule has 1 heterocycles. The van der Waals surface area contributed by atoms with E-state index in [0.717, 1.165) is 19.6 Å².